The van der Waals surface area contributed by atoms with Crippen LogP contribution in [0, 0.1) is 6.92 Å². The molecule has 2 heteroatoms. The van der Waals surface area contributed by atoms with Gasteiger partial charge in [0.05, 0.1) is 0 Å². The molecule has 0 amide bonds. The summed E-state index contributed by atoms with van der Waals surface area (Å²) >= 11 is 0. The van der Waals surface area contributed by atoms with Gasteiger partial charge in [-0.2, -0.15) is 0 Å². The summed E-state index contributed by atoms with van der Waals surface area (Å²) in [6, 6.07) is 13.0. The van der Waals surface area contributed by atoms with Crippen molar-refractivity contribution in [3.05, 3.63) is 69.8 Å². The van der Waals surface area contributed by atoms with Crippen molar-refractivity contribution in [2.45, 2.75) is 71.8 Å². The Labute approximate surface area is 163 Å². The van der Waals surface area contributed by atoms with Gasteiger partial charge in [0.1, 0.15) is 6.61 Å². The van der Waals surface area contributed by atoms with Gasteiger partial charge in [-0.1, -0.05) is 70.2 Å². The summed E-state index contributed by atoms with van der Waals surface area (Å²) in [5, 5.41) is 8.59. The summed E-state index contributed by atoms with van der Waals surface area (Å²) in [4.78, 5) is 4.21. The summed E-state index contributed by atoms with van der Waals surface area (Å²) in [6.07, 6.45) is 4.77. The van der Waals surface area contributed by atoms with E-state index in [0.29, 0.717) is 0 Å². The molecule has 0 fully saturated rings. The number of fused-ring (bicyclic) bond motifs is 1. The molecule has 3 rings (SSSR count). The maximum absolute atomic E-state index is 8.59. The summed E-state index contributed by atoms with van der Waals surface area (Å²) in [5.74, 6) is 0. The minimum Gasteiger partial charge on any atom is -0.251 e. The number of rotatable bonds is 4. The van der Waals surface area contributed by atoms with Crippen LogP contribution in [0.3, 0.4) is 0 Å². The van der Waals surface area contributed by atoms with E-state index in [9.17, 15) is 0 Å². The normalized spacial score (nSPS) is 18.3. The molecular weight excluding hydrogens is 332 g/mol. The molecule has 0 saturated heterocycles. The molecule has 1 N–H and O–H groups in total. The molecule has 0 radical (unpaired) electrons. The number of benzene rings is 2. The topological polar surface area (TPSA) is 29.5 Å². The highest BCUT2D eigenvalue weighted by atomic mass is 17.1. The van der Waals surface area contributed by atoms with Crippen LogP contribution in [0.15, 0.2) is 36.4 Å². The van der Waals surface area contributed by atoms with E-state index in [-0.39, 0.29) is 17.4 Å². The van der Waals surface area contributed by atoms with Crippen LogP contribution in [0.2, 0.25) is 0 Å². The molecular formula is C25H32O2. The van der Waals surface area contributed by atoms with E-state index in [1.165, 1.54) is 46.2 Å². The zero-order valence-electron chi connectivity index (χ0n) is 17.5. The van der Waals surface area contributed by atoms with Crippen LogP contribution in [0.4, 0.5) is 0 Å². The van der Waals surface area contributed by atoms with Crippen molar-refractivity contribution in [2.24, 2.45) is 0 Å². The number of hydrogen-bond acceptors (Lipinski definition) is 2. The van der Waals surface area contributed by atoms with Crippen LogP contribution in [-0.2, 0) is 22.3 Å². The van der Waals surface area contributed by atoms with Crippen molar-refractivity contribution in [1.82, 2.24) is 0 Å². The van der Waals surface area contributed by atoms with Crippen molar-refractivity contribution in [1.29, 1.82) is 0 Å². The zero-order valence-corrected chi connectivity index (χ0v) is 17.5. The highest BCUT2D eigenvalue weighted by molar-refractivity contribution is 5.81. The number of allylic oxidation sites excluding steroid dienone is 1. The van der Waals surface area contributed by atoms with E-state index < -0.39 is 0 Å². The first kappa shape index (κ1) is 19.9. The maximum Gasteiger partial charge on any atom is 0.107 e. The maximum atomic E-state index is 8.59. The second kappa shape index (κ2) is 7.26. The Morgan fingerprint density at radius 2 is 1.56 bits per heavy atom. The van der Waals surface area contributed by atoms with Crippen LogP contribution in [0.25, 0.3) is 11.6 Å². The van der Waals surface area contributed by atoms with Gasteiger partial charge in [0.2, 0.25) is 0 Å². The first-order valence-corrected chi connectivity index (χ1v) is 9.84. The molecule has 0 bridgehead atoms. The lowest BCUT2D eigenvalue weighted by atomic mass is 9.62. The first-order valence-electron chi connectivity index (χ1n) is 9.84. The number of aryl methyl sites for hydroxylation is 1. The fourth-order valence-corrected chi connectivity index (χ4v) is 4.15. The molecule has 1 aliphatic carbocycles. The lowest BCUT2D eigenvalue weighted by Crippen LogP contribution is -2.34. The average molecular weight is 365 g/mol. The first-order chi connectivity index (χ1) is 12.6. The smallest absolute Gasteiger partial charge is 0.107 e. The standard InChI is InChI=1S/C25H32O2/c1-17(20-9-7-19(8-10-20)16-27-26)13-21-15-23-22(14-18(21)2)24(3,4)11-12-25(23,5)6/h7-10,13-15,26H,11-12,16H2,1-6H3/b17-13-. The Kier molecular flexibility index (Phi) is 5.33. The third-order valence-electron chi connectivity index (χ3n) is 6.25. The molecule has 0 saturated carbocycles. The molecule has 27 heavy (non-hydrogen) atoms. The minimum atomic E-state index is 0.220. The Balaban J connectivity index is 2.01. The highest BCUT2D eigenvalue weighted by Crippen LogP contribution is 2.46. The Hall–Kier alpha value is -1.90. The van der Waals surface area contributed by atoms with Gasteiger partial charge >= 0.3 is 0 Å². The number of hydrogen-bond donors (Lipinski definition) is 1. The molecule has 0 unspecified atom stereocenters. The van der Waals surface area contributed by atoms with Crippen LogP contribution >= 0.6 is 0 Å². The molecule has 2 nitrogen and oxygen atoms in total. The van der Waals surface area contributed by atoms with Crippen molar-refractivity contribution < 1.29 is 10.1 Å². The van der Waals surface area contributed by atoms with Crippen molar-refractivity contribution in [3.8, 4) is 0 Å². The van der Waals surface area contributed by atoms with Gasteiger partial charge in [-0.3, -0.25) is 5.26 Å². The second-order valence-corrected chi connectivity index (χ2v) is 9.32. The van der Waals surface area contributed by atoms with Crippen molar-refractivity contribution in [3.63, 3.8) is 0 Å². The fraction of sp³-hybridized carbons (Fsp3) is 0.440. The van der Waals surface area contributed by atoms with Gasteiger partial charge in [0.15, 0.2) is 0 Å². The molecule has 0 aromatic heterocycles. The molecule has 144 valence electrons. The average Bonchev–Trinajstić information content (AvgIpc) is 2.61. The molecule has 2 aromatic carbocycles. The van der Waals surface area contributed by atoms with E-state index in [2.05, 4.69) is 76.8 Å². The van der Waals surface area contributed by atoms with Crippen molar-refractivity contribution >= 4 is 11.6 Å². The zero-order chi connectivity index (χ0) is 19.8. The molecule has 1 aliphatic rings. The van der Waals surface area contributed by atoms with Crippen LogP contribution in [-0.4, -0.2) is 5.26 Å². The second-order valence-electron chi connectivity index (χ2n) is 9.32. The SMILES string of the molecule is C/C(=C/c1cc2c(cc1C)C(C)(C)CCC2(C)C)c1ccc(COO)cc1. The van der Waals surface area contributed by atoms with Gasteiger partial charge in [-0.15, -0.1) is 0 Å². The predicted molar refractivity (Wildman–Crippen MR) is 114 cm³/mol. The lowest BCUT2D eigenvalue weighted by Gasteiger charge is -2.42. The summed E-state index contributed by atoms with van der Waals surface area (Å²) in [6.45, 7) is 14.1. The van der Waals surface area contributed by atoms with E-state index in [4.69, 9.17) is 5.26 Å². The van der Waals surface area contributed by atoms with Gasteiger partial charge < -0.3 is 0 Å². The van der Waals surface area contributed by atoms with Crippen molar-refractivity contribution in [2.75, 3.05) is 0 Å². The predicted octanol–water partition coefficient (Wildman–Crippen LogP) is 6.89. The summed E-state index contributed by atoms with van der Waals surface area (Å²) in [5.41, 5.74) is 9.51. The van der Waals surface area contributed by atoms with Crippen LogP contribution in [0.5, 0.6) is 0 Å². The van der Waals surface area contributed by atoms with E-state index >= 15 is 0 Å². The Bertz CT molecular complexity index is 855. The van der Waals surface area contributed by atoms with Gasteiger partial charge in [-0.05, 0) is 76.5 Å². The van der Waals surface area contributed by atoms with E-state index in [0.717, 1.165) is 5.56 Å². The monoisotopic (exact) mass is 364 g/mol. The molecule has 2 aromatic rings. The third-order valence-corrected chi connectivity index (χ3v) is 6.25. The molecule has 0 spiro atoms. The van der Waals surface area contributed by atoms with E-state index in [1.807, 2.05) is 12.1 Å². The van der Waals surface area contributed by atoms with Crippen LogP contribution < -0.4 is 0 Å². The van der Waals surface area contributed by atoms with E-state index in [1.54, 1.807) is 0 Å². The molecule has 0 heterocycles. The Morgan fingerprint density at radius 1 is 1.00 bits per heavy atom. The van der Waals surface area contributed by atoms with Gasteiger partial charge in [0.25, 0.3) is 0 Å². The summed E-state index contributed by atoms with van der Waals surface area (Å²) < 4.78 is 0. The third kappa shape index (κ3) is 4.02. The largest absolute Gasteiger partial charge is 0.251 e. The fourth-order valence-electron chi connectivity index (χ4n) is 4.15. The van der Waals surface area contributed by atoms with Gasteiger partial charge in [-0.25, -0.2) is 4.89 Å². The molecule has 0 aliphatic heterocycles. The lowest BCUT2D eigenvalue weighted by molar-refractivity contribution is -0.253. The minimum absolute atomic E-state index is 0.220. The quantitative estimate of drug-likeness (QED) is 0.363. The Morgan fingerprint density at radius 3 is 2.11 bits per heavy atom. The van der Waals surface area contributed by atoms with Crippen LogP contribution in [0.1, 0.15) is 80.8 Å². The van der Waals surface area contributed by atoms with Gasteiger partial charge in [0, 0.05) is 0 Å². The highest BCUT2D eigenvalue weighted by Gasteiger charge is 2.37. The summed E-state index contributed by atoms with van der Waals surface area (Å²) in [7, 11) is 0. The molecule has 0 atom stereocenters.